The smallest absolute Gasteiger partial charge is 0.240 e. The highest BCUT2D eigenvalue weighted by atomic mass is 32.2. The lowest BCUT2D eigenvalue weighted by Crippen LogP contribution is -2.30. The minimum absolute atomic E-state index is 0.00522. The fraction of sp³-hybridized carbons (Fsp3) is 0.333. The van der Waals surface area contributed by atoms with Gasteiger partial charge in [0.25, 0.3) is 0 Å². The van der Waals surface area contributed by atoms with E-state index in [1.807, 2.05) is 0 Å². The van der Waals surface area contributed by atoms with Gasteiger partial charge >= 0.3 is 0 Å². The van der Waals surface area contributed by atoms with Crippen molar-refractivity contribution in [1.29, 1.82) is 0 Å². The Labute approximate surface area is 164 Å². The zero-order valence-electron chi connectivity index (χ0n) is 15.9. The fourth-order valence-corrected chi connectivity index (χ4v) is 3.37. The summed E-state index contributed by atoms with van der Waals surface area (Å²) in [5, 5.41) is 2.72. The van der Waals surface area contributed by atoms with Crippen LogP contribution in [-0.4, -0.2) is 47.2 Å². The maximum absolute atomic E-state index is 12.4. The second-order valence-corrected chi connectivity index (χ2v) is 7.41. The molecule has 9 nitrogen and oxygen atoms in total. The Kier molecular flexibility index (Phi) is 7.59. The lowest BCUT2D eigenvalue weighted by Gasteiger charge is -2.11. The quantitative estimate of drug-likeness (QED) is 0.603. The van der Waals surface area contributed by atoms with E-state index in [1.54, 1.807) is 18.3 Å². The molecule has 0 atom stereocenters. The summed E-state index contributed by atoms with van der Waals surface area (Å²) in [6.45, 7) is 0.252. The lowest BCUT2D eigenvalue weighted by molar-refractivity contribution is -0.121. The van der Waals surface area contributed by atoms with Crippen LogP contribution in [0.5, 0.6) is 17.4 Å². The average Bonchev–Trinajstić information content (AvgIpc) is 2.71. The van der Waals surface area contributed by atoms with Crippen LogP contribution in [0, 0.1) is 0 Å². The molecule has 1 amide bonds. The second kappa shape index (κ2) is 9.90. The number of aromatic nitrogens is 1. The number of methoxy groups -OCH3 is 3. The number of nitrogens with one attached hydrogen (secondary N) is 2. The van der Waals surface area contributed by atoms with Crippen molar-refractivity contribution in [3.05, 3.63) is 42.1 Å². The Hall–Kier alpha value is -2.85. The van der Waals surface area contributed by atoms with Gasteiger partial charge in [0.1, 0.15) is 0 Å². The molecule has 0 saturated heterocycles. The van der Waals surface area contributed by atoms with E-state index in [9.17, 15) is 13.2 Å². The van der Waals surface area contributed by atoms with Gasteiger partial charge in [0.2, 0.25) is 21.8 Å². The van der Waals surface area contributed by atoms with Gasteiger partial charge in [-0.2, -0.15) is 0 Å². The third kappa shape index (κ3) is 5.83. The zero-order chi connectivity index (χ0) is 20.6. The molecule has 0 unspecified atom stereocenters. The molecular weight excluding hydrogens is 386 g/mol. The van der Waals surface area contributed by atoms with Gasteiger partial charge in [0.05, 0.1) is 26.2 Å². The van der Waals surface area contributed by atoms with Crippen molar-refractivity contribution in [3.63, 3.8) is 0 Å². The Balaban J connectivity index is 1.86. The van der Waals surface area contributed by atoms with Crippen LogP contribution in [0.1, 0.15) is 12.0 Å². The minimum Gasteiger partial charge on any atom is -0.493 e. The predicted molar refractivity (Wildman–Crippen MR) is 102 cm³/mol. The van der Waals surface area contributed by atoms with Crippen molar-refractivity contribution >= 4 is 15.9 Å². The molecule has 2 aromatic rings. The normalized spacial score (nSPS) is 11.0. The third-order valence-electron chi connectivity index (χ3n) is 3.81. The Morgan fingerprint density at radius 3 is 2.46 bits per heavy atom. The van der Waals surface area contributed by atoms with Gasteiger partial charge in [-0.1, -0.05) is 0 Å². The van der Waals surface area contributed by atoms with E-state index in [4.69, 9.17) is 14.2 Å². The van der Waals surface area contributed by atoms with Crippen molar-refractivity contribution in [2.45, 2.75) is 17.9 Å². The van der Waals surface area contributed by atoms with Gasteiger partial charge in [-0.3, -0.25) is 4.79 Å². The number of nitrogens with zero attached hydrogens (tertiary/aromatic N) is 1. The van der Waals surface area contributed by atoms with Crippen molar-refractivity contribution in [2.24, 2.45) is 0 Å². The van der Waals surface area contributed by atoms with Crippen molar-refractivity contribution in [3.8, 4) is 17.4 Å². The van der Waals surface area contributed by atoms with Crippen LogP contribution in [0.2, 0.25) is 0 Å². The molecule has 0 aliphatic rings. The summed E-state index contributed by atoms with van der Waals surface area (Å²) in [7, 11) is 0.613. The van der Waals surface area contributed by atoms with E-state index in [0.29, 0.717) is 23.9 Å². The molecule has 2 N–H and O–H groups in total. The number of amides is 1. The minimum atomic E-state index is -3.78. The Morgan fingerprint density at radius 2 is 1.79 bits per heavy atom. The molecule has 152 valence electrons. The number of hydrogen-bond acceptors (Lipinski definition) is 7. The van der Waals surface area contributed by atoms with E-state index in [2.05, 4.69) is 15.0 Å². The highest BCUT2D eigenvalue weighted by Gasteiger charge is 2.17. The van der Waals surface area contributed by atoms with E-state index >= 15 is 0 Å². The molecule has 1 aromatic carbocycles. The first-order valence-corrected chi connectivity index (χ1v) is 9.85. The monoisotopic (exact) mass is 409 g/mol. The molecule has 28 heavy (non-hydrogen) atoms. The largest absolute Gasteiger partial charge is 0.493 e. The molecule has 2 rings (SSSR count). The third-order valence-corrected chi connectivity index (χ3v) is 5.27. The second-order valence-electron chi connectivity index (χ2n) is 5.65. The van der Waals surface area contributed by atoms with Crippen LogP contribution < -0.4 is 24.2 Å². The summed E-state index contributed by atoms with van der Waals surface area (Å²) in [5.41, 5.74) is 0.825. The standard InChI is InChI=1S/C18H23N3O6S/c1-25-15-5-4-14(11-16(15)26-2)28(23,24)21-9-7-17(22)20-12-13-6-8-19-18(10-13)27-3/h4-6,8,10-11,21H,7,9,12H2,1-3H3,(H,20,22). The Bertz CT molecular complexity index is 917. The van der Waals surface area contributed by atoms with Crippen LogP contribution in [0.3, 0.4) is 0 Å². The summed E-state index contributed by atoms with van der Waals surface area (Å²) in [4.78, 5) is 16.0. The van der Waals surface area contributed by atoms with E-state index in [0.717, 1.165) is 5.56 Å². The highest BCUT2D eigenvalue weighted by molar-refractivity contribution is 7.89. The molecule has 1 heterocycles. The summed E-state index contributed by atoms with van der Waals surface area (Å²) in [5.74, 6) is 0.893. The van der Waals surface area contributed by atoms with Crippen LogP contribution in [0.15, 0.2) is 41.4 Å². The van der Waals surface area contributed by atoms with Crippen LogP contribution in [0.25, 0.3) is 0 Å². The molecule has 1 aromatic heterocycles. The Morgan fingerprint density at radius 1 is 1.04 bits per heavy atom. The van der Waals surface area contributed by atoms with Crippen molar-refractivity contribution in [1.82, 2.24) is 15.0 Å². The molecule has 0 aliphatic carbocycles. The lowest BCUT2D eigenvalue weighted by atomic mass is 10.2. The maximum Gasteiger partial charge on any atom is 0.240 e. The van der Waals surface area contributed by atoms with Crippen LogP contribution in [-0.2, 0) is 21.4 Å². The number of carbonyl (C=O) groups is 1. The molecule has 10 heteroatoms. The van der Waals surface area contributed by atoms with Crippen LogP contribution >= 0.6 is 0 Å². The van der Waals surface area contributed by atoms with E-state index in [1.165, 1.54) is 39.5 Å². The number of hydrogen-bond donors (Lipinski definition) is 2. The summed E-state index contributed by atoms with van der Waals surface area (Å²) in [6.07, 6.45) is 1.58. The maximum atomic E-state index is 12.4. The number of rotatable bonds is 10. The first-order valence-electron chi connectivity index (χ1n) is 8.37. The molecule has 0 saturated carbocycles. The fourth-order valence-electron chi connectivity index (χ4n) is 2.33. The summed E-state index contributed by atoms with van der Waals surface area (Å²) < 4.78 is 42.4. The topological polar surface area (TPSA) is 116 Å². The van der Waals surface area contributed by atoms with Gasteiger partial charge in [0.15, 0.2) is 11.5 Å². The number of ether oxygens (including phenoxy) is 3. The molecular formula is C18H23N3O6S. The van der Waals surface area contributed by atoms with Crippen molar-refractivity contribution < 1.29 is 27.4 Å². The van der Waals surface area contributed by atoms with Gasteiger partial charge in [-0.05, 0) is 23.8 Å². The SMILES string of the molecule is COc1cc(CNC(=O)CCNS(=O)(=O)c2ccc(OC)c(OC)c2)ccn1. The zero-order valence-corrected chi connectivity index (χ0v) is 16.7. The molecule has 0 fully saturated rings. The molecule has 0 bridgehead atoms. The first kappa shape index (κ1) is 21.5. The van der Waals surface area contributed by atoms with Gasteiger partial charge in [-0.15, -0.1) is 0 Å². The number of carbonyl (C=O) groups excluding carboxylic acids is 1. The summed E-state index contributed by atoms with van der Waals surface area (Å²) >= 11 is 0. The predicted octanol–water partition coefficient (Wildman–Crippen LogP) is 1.09. The average molecular weight is 409 g/mol. The number of pyridine rings is 1. The first-order chi connectivity index (χ1) is 13.4. The number of sulfonamides is 1. The molecule has 0 radical (unpaired) electrons. The van der Waals surface area contributed by atoms with Crippen molar-refractivity contribution in [2.75, 3.05) is 27.9 Å². The van der Waals surface area contributed by atoms with Gasteiger partial charge in [0, 0.05) is 37.8 Å². The molecule has 0 spiro atoms. The van der Waals surface area contributed by atoms with Gasteiger partial charge in [-0.25, -0.2) is 18.1 Å². The highest BCUT2D eigenvalue weighted by Crippen LogP contribution is 2.29. The van der Waals surface area contributed by atoms with E-state index < -0.39 is 10.0 Å². The van der Waals surface area contributed by atoms with E-state index in [-0.39, 0.29) is 23.8 Å². The number of benzene rings is 1. The molecule has 0 aliphatic heterocycles. The summed E-state index contributed by atoms with van der Waals surface area (Å²) in [6, 6.07) is 7.73. The van der Waals surface area contributed by atoms with Crippen LogP contribution in [0.4, 0.5) is 0 Å². The van der Waals surface area contributed by atoms with Gasteiger partial charge < -0.3 is 19.5 Å².